The van der Waals surface area contributed by atoms with Gasteiger partial charge in [0, 0.05) is 90.9 Å². The summed E-state index contributed by atoms with van der Waals surface area (Å²) in [4.78, 5) is 112. The van der Waals surface area contributed by atoms with Crippen molar-refractivity contribution < 1.29 is 107 Å². The molecule has 0 atom stereocenters. The number of nitrogens with one attached hydrogen (secondary N) is 2. The topological polar surface area (TPSA) is 392 Å². The van der Waals surface area contributed by atoms with Gasteiger partial charge >= 0.3 is 49.0 Å². The van der Waals surface area contributed by atoms with Crippen molar-refractivity contribution in [1.82, 2.24) is 25.6 Å². The molecule has 514 valence electrons. The van der Waals surface area contributed by atoms with Crippen molar-refractivity contribution >= 4 is 77.3 Å². The second-order valence-electron chi connectivity index (χ2n) is 23.4. The first-order valence-electron chi connectivity index (χ1n) is 29.5. The van der Waals surface area contributed by atoms with Crippen molar-refractivity contribution in [3.05, 3.63) is 141 Å². The van der Waals surface area contributed by atoms with Gasteiger partial charge in [-0.3, -0.25) is 28.8 Å². The van der Waals surface area contributed by atoms with Crippen molar-refractivity contribution in [2.24, 2.45) is 5.73 Å². The number of rotatable bonds is 18. The van der Waals surface area contributed by atoms with Gasteiger partial charge in [0.2, 0.25) is 35.4 Å². The van der Waals surface area contributed by atoms with Crippen LogP contribution in [0.15, 0.2) is 91.0 Å². The monoisotopic (exact) mass is 1350 g/mol. The maximum Gasteiger partial charge on any atom is 1.00 e. The van der Waals surface area contributed by atoms with Crippen LogP contribution < -0.4 is 64.1 Å². The molecule has 9 N–H and O–H groups in total. The van der Waals surface area contributed by atoms with Crippen LogP contribution in [0, 0.1) is 20.8 Å². The summed E-state index contributed by atoms with van der Waals surface area (Å²) in [5, 5.41) is 23.6. The summed E-state index contributed by atoms with van der Waals surface area (Å²) in [7, 11) is 0. The number of hydrogen-bond donors (Lipinski definition) is 5. The third-order valence-corrected chi connectivity index (χ3v) is 13.6. The Labute approximate surface area is 575 Å². The van der Waals surface area contributed by atoms with Crippen LogP contribution >= 0.6 is 12.4 Å². The maximum atomic E-state index is 12.5. The molecule has 3 aromatic carbocycles. The number of carbonyl (C=O) groups is 8. The van der Waals surface area contributed by atoms with E-state index in [4.69, 9.17) is 44.4 Å². The molecule has 0 radical (unpaired) electrons. The van der Waals surface area contributed by atoms with Crippen LogP contribution in [0.3, 0.4) is 0 Å². The zero-order chi connectivity index (χ0) is 66.3. The van der Waals surface area contributed by atoms with Crippen molar-refractivity contribution in [2.75, 3.05) is 40.9 Å². The van der Waals surface area contributed by atoms with Crippen LogP contribution in [-0.2, 0) is 81.9 Å². The summed E-state index contributed by atoms with van der Waals surface area (Å²) in [6, 6.07) is 26.6. The van der Waals surface area contributed by atoms with E-state index in [1.54, 1.807) is 121 Å². The number of benzene rings is 3. The third-order valence-electron chi connectivity index (χ3n) is 13.6. The molecule has 27 nitrogen and oxygen atoms in total. The van der Waals surface area contributed by atoms with E-state index in [9.17, 15) is 38.4 Å². The van der Waals surface area contributed by atoms with Gasteiger partial charge in [-0.1, -0.05) is 25.6 Å². The van der Waals surface area contributed by atoms with Gasteiger partial charge in [-0.25, -0.2) is 24.5 Å². The number of fused-ring (bicyclic) bond motifs is 3. The average molecular weight is 1350 g/mol. The summed E-state index contributed by atoms with van der Waals surface area (Å²) in [6.45, 7) is 18.2. The largest absolute Gasteiger partial charge is 1.00 e. The Morgan fingerprint density at radius 1 is 0.531 bits per heavy atom. The molecule has 96 heavy (non-hydrogen) atoms. The SMILES string of the molecule is C.CCOC(=O)CN1C(=O)CCc2c(Oc3cc(CNC(=O)OC(C)(C)C)cc(C)n3)cccc21.Cc1cc(CN)cc(Oc2cccc3c2CCC(=O)N3CC(=O)O)n1.Cc1cc(CNC(=O)OC(C)(C)C)cc(Oc2cccc3c2CCC(=O)N3CC(=O)O)n1.Cl.O.[Li+].[OH-]. The molecule has 0 bridgehead atoms. The molecule has 6 heterocycles. The number of nitrogens with two attached hydrogens (primary N) is 1. The molecule has 0 saturated heterocycles. The standard InChI is InChI=1S/C25H31N3O6.C23H27N3O6.C18H19N3O4.CH4.ClH.Li.2H2O/c1-6-32-23(30)15-28-19-8-7-9-20(18(19)10-11-22(28)29)33-21-13-17(12-16(2)27-21)14-26-24(31)34-25(3,4)5;1-14-10-15(12-24-22(30)32-23(2,3)4)11-19(25-14)31-18-7-5-6-17-16(18)8-9-20(27)26(17)13-21(28)29;1-11-7-12(9-19)8-16(20-11)25-15-4-2-3-14-13(15)5-6-17(22)21(14)10-18(23)24;;;;;/h7-9,12-13H,6,10-11,14-15H2,1-5H3,(H,26,31);5-7,10-11H,8-9,12-13H2,1-4H3,(H,24,30)(H,28,29);2-4,7-8H,5-6,9-10,19H2,1H3,(H,23,24);1H4;1H;;2*1H2/q;;;;;+1;;/p-1. The Balaban J connectivity index is 0.000000482. The van der Waals surface area contributed by atoms with Crippen molar-refractivity contribution in [3.8, 4) is 34.9 Å². The Kier molecular flexibility index (Phi) is 31.9. The maximum absolute atomic E-state index is 12.5. The zero-order valence-corrected chi connectivity index (χ0v) is 55.9. The number of hydrogen-bond acceptors (Lipinski definition) is 19. The van der Waals surface area contributed by atoms with E-state index in [1.807, 2.05) is 39.0 Å². The number of esters is 1. The van der Waals surface area contributed by atoms with Crippen LogP contribution in [0.5, 0.6) is 34.9 Å². The molecule has 3 aromatic heterocycles. The van der Waals surface area contributed by atoms with Gasteiger partial charge in [-0.2, -0.15) is 0 Å². The minimum Gasteiger partial charge on any atom is -0.870 e. The van der Waals surface area contributed by atoms with Gasteiger partial charge in [0.15, 0.2) is 0 Å². The second-order valence-corrected chi connectivity index (χ2v) is 23.4. The molecule has 3 aliphatic heterocycles. The molecule has 0 spiro atoms. The smallest absolute Gasteiger partial charge is 0.870 e. The van der Waals surface area contributed by atoms with Gasteiger partial charge in [-0.15, -0.1) is 12.4 Å². The van der Waals surface area contributed by atoms with Crippen LogP contribution in [-0.4, -0.2) is 121 Å². The third kappa shape index (κ3) is 24.1. The number of alkyl carbamates (subject to hydrolysis) is 2. The Morgan fingerprint density at radius 2 is 0.844 bits per heavy atom. The summed E-state index contributed by atoms with van der Waals surface area (Å²) in [6.07, 6.45) is 1.11. The fourth-order valence-electron chi connectivity index (χ4n) is 10.0. The van der Waals surface area contributed by atoms with Crippen LogP contribution in [0.1, 0.15) is 126 Å². The minimum absolute atomic E-state index is 0. The number of aliphatic carboxylic acids is 2. The minimum atomic E-state index is -1.08. The van der Waals surface area contributed by atoms with Gasteiger partial charge in [0.25, 0.3) is 0 Å². The van der Waals surface area contributed by atoms with Crippen molar-refractivity contribution in [2.45, 2.75) is 146 Å². The molecule has 0 saturated carbocycles. The Hall–Kier alpha value is -9.36. The quantitative estimate of drug-likeness (QED) is 0.0340. The molecule has 0 fully saturated rings. The van der Waals surface area contributed by atoms with Crippen LogP contribution in [0.4, 0.5) is 26.7 Å². The Bertz CT molecular complexity index is 3730. The van der Waals surface area contributed by atoms with E-state index in [0.29, 0.717) is 83.5 Å². The molecule has 29 heteroatoms. The summed E-state index contributed by atoms with van der Waals surface area (Å²) < 4.78 is 33.6. The molecular formula is C67H85ClLiN9O18. The predicted molar refractivity (Wildman–Crippen MR) is 354 cm³/mol. The summed E-state index contributed by atoms with van der Waals surface area (Å²) in [5.74, 6) is -0.411. The molecule has 3 aliphatic rings. The van der Waals surface area contributed by atoms with E-state index in [0.717, 1.165) is 44.8 Å². The van der Waals surface area contributed by atoms with Gasteiger partial charge in [-0.05, 0) is 160 Å². The number of ether oxygens (including phenoxy) is 6. The molecule has 0 aliphatic carbocycles. The van der Waals surface area contributed by atoms with Crippen molar-refractivity contribution in [1.29, 1.82) is 0 Å². The van der Waals surface area contributed by atoms with E-state index >= 15 is 0 Å². The van der Waals surface area contributed by atoms with E-state index in [2.05, 4.69) is 25.6 Å². The number of anilines is 3. The van der Waals surface area contributed by atoms with Crippen molar-refractivity contribution in [3.63, 3.8) is 0 Å². The first kappa shape index (κ1) is 82.7. The zero-order valence-electron chi connectivity index (χ0n) is 55.1. The first-order valence-corrected chi connectivity index (χ1v) is 29.5. The summed E-state index contributed by atoms with van der Waals surface area (Å²) >= 11 is 0. The Morgan fingerprint density at radius 3 is 1.15 bits per heavy atom. The number of aryl methyl sites for hydroxylation is 3. The van der Waals surface area contributed by atoms with E-state index < -0.39 is 47.8 Å². The van der Waals surface area contributed by atoms with E-state index in [-0.39, 0.29) is 119 Å². The summed E-state index contributed by atoms with van der Waals surface area (Å²) in [5.41, 5.74) is 13.4. The number of carboxylic acid groups (broad SMARTS) is 2. The number of nitrogens with zero attached hydrogens (tertiary/aromatic N) is 6. The number of aromatic nitrogens is 3. The molecule has 9 rings (SSSR count). The number of carboxylic acids is 2. The average Bonchev–Trinajstić information content (AvgIpc) is 0.813. The van der Waals surface area contributed by atoms with Crippen LogP contribution in [0.2, 0.25) is 0 Å². The predicted octanol–water partition coefficient (Wildman–Crippen LogP) is 6.69. The number of amides is 5. The molecular weight excluding hydrogens is 1260 g/mol. The van der Waals surface area contributed by atoms with Gasteiger partial charge in [0.05, 0.1) is 23.7 Å². The molecule has 6 aromatic rings. The fraction of sp³-hybridized carbons (Fsp3) is 0.388. The van der Waals surface area contributed by atoms with Gasteiger partial charge < -0.3 is 80.7 Å². The molecule has 0 unspecified atom stereocenters. The number of halogens is 1. The fourth-order valence-corrected chi connectivity index (χ4v) is 10.0. The molecule has 5 amide bonds. The first-order chi connectivity index (χ1) is 43.0. The normalized spacial score (nSPS) is 12.7. The van der Waals surface area contributed by atoms with Gasteiger partial charge in [0.1, 0.15) is 48.1 Å². The second kappa shape index (κ2) is 37.1. The van der Waals surface area contributed by atoms with E-state index in [1.165, 1.54) is 14.7 Å². The number of carbonyl (C=O) groups excluding carboxylic acids is 6. The van der Waals surface area contributed by atoms with Crippen LogP contribution in [0.25, 0.3) is 0 Å². The number of pyridine rings is 3.